The molecular formula is C13H24N2O4. The first kappa shape index (κ1) is 15.9. The minimum absolute atomic E-state index is 0.0297. The Kier molecular flexibility index (Phi) is 5.31. The van der Waals surface area contributed by atoms with Crippen molar-refractivity contribution in [2.75, 3.05) is 33.3 Å². The Bertz CT molecular complexity index is 344. The number of hydrogen-bond acceptors (Lipinski definition) is 5. The van der Waals surface area contributed by atoms with E-state index < -0.39 is 17.6 Å². The minimum Gasteiger partial charge on any atom is -0.466 e. The van der Waals surface area contributed by atoms with Gasteiger partial charge >= 0.3 is 5.97 Å². The Morgan fingerprint density at radius 2 is 2.11 bits per heavy atom. The summed E-state index contributed by atoms with van der Waals surface area (Å²) in [7, 11) is 1.77. The first-order valence-corrected chi connectivity index (χ1v) is 6.63. The van der Waals surface area contributed by atoms with Gasteiger partial charge in [-0.2, -0.15) is 0 Å². The largest absolute Gasteiger partial charge is 0.466 e. The average molecular weight is 272 g/mol. The number of likely N-dealkylation sites (N-methyl/N-ethyl adjacent to an activating group) is 1. The molecule has 1 unspecified atom stereocenters. The number of esters is 1. The van der Waals surface area contributed by atoms with Crippen LogP contribution < -0.4 is 0 Å². The molecular weight excluding hydrogens is 248 g/mol. The molecule has 0 aromatic rings. The first-order chi connectivity index (χ1) is 8.78. The fraction of sp³-hybridized carbons (Fsp3) is 0.846. The van der Waals surface area contributed by atoms with Crippen molar-refractivity contribution in [1.82, 2.24) is 9.80 Å². The molecule has 1 heterocycles. The summed E-state index contributed by atoms with van der Waals surface area (Å²) in [6, 6.07) is 0. The van der Waals surface area contributed by atoms with Crippen LogP contribution in [0.5, 0.6) is 0 Å². The summed E-state index contributed by atoms with van der Waals surface area (Å²) in [6.07, 6.45) is -0.848. The summed E-state index contributed by atoms with van der Waals surface area (Å²) >= 11 is 0. The van der Waals surface area contributed by atoms with Crippen LogP contribution in [-0.2, 0) is 14.3 Å². The van der Waals surface area contributed by atoms with Crippen molar-refractivity contribution in [1.29, 1.82) is 0 Å². The zero-order valence-corrected chi connectivity index (χ0v) is 12.2. The van der Waals surface area contributed by atoms with E-state index in [1.807, 2.05) is 18.7 Å². The maximum absolute atomic E-state index is 12.1. The number of carbonyl (C=O) groups excluding carboxylic acids is 2. The van der Waals surface area contributed by atoms with Gasteiger partial charge in [-0.05, 0) is 20.8 Å². The van der Waals surface area contributed by atoms with Gasteiger partial charge in [-0.1, -0.05) is 0 Å². The van der Waals surface area contributed by atoms with Crippen molar-refractivity contribution in [3.63, 3.8) is 0 Å². The van der Waals surface area contributed by atoms with Crippen LogP contribution in [0.4, 0.5) is 0 Å². The molecule has 1 N–H and O–H groups in total. The van der Waals surface area contributed by atoms with Crippen molar-refractivity contribution < 1.29 is 19.4 Å². The lowest BCUT2D eigenvalue weighted by Crippen LogP contribution is -2.63. The average Bonchev–Trinajstić information content (AvgIpc) is 2.31. The van der Waals surface area contributed by atoms with Gasteiger partial charge in [0.05, 0.1) is 24.7 Å². The zero-order valence-electron chi connectivity index (χ0n) is 12.2. The highest BCUT2D eigenvalue weighted by Gasteiger charge is 2.41. The normalized spacial score (nSPS) is 21.3. The van der Waals surface area contributed by atoms with Crippen molar-refractivity contribution in [3.05, 3.63) is 0 Å². The molecule has 1 atom stereocenters. The number of carbonyl (C=O) groups is 2. The van der Waals surface area contributed by atoms with Crippen LogP contribution in [0.1, 0.15) is 27.2 Å². The van der Waals surface area contributed by atoms with E-state index in [1.165, 1.54) is 0 Å². The Morgan fingerprint density at radius 3 is 2.68 bits per heavy atom. The highest BCUT2D eigenvalue weighted by Crippen LogP contribution is 2.22. The second-order valence-corrected chi connectivity index (χ2v) is 5.39. The molecule has 6 nitrogen and oxygen atoms in total. The molecule has 0 saturated carbocycles. The maximum atomic E-state index is 12.1. The third-order valence-electron chi connectivity index (χ3n) is 3.50. The fourth-order valence-electron chi connectivity index (χ4n) is 2.30. The smallest absolute Gasteiger partial charge is 0.308 e. The molecule has 0 aromatic carbocycles. The number of rotatable bonds is 5. The van der Waals surface area contributed by atoms with Gasteiger partial charge in [-0.25, -0.2) is 0 Å². The molecule has 1 rings (SSSR count). The van der Waals surface area contributed by atoms with Crippen LogP contribution in [0.25, 0.3) is 0 Å². The third kappa shape index (κ3) is 3.91. The third-order valence-corrected chi connectivity index (χ3v) is 3.50. The van der Waals surface area contributed by atoms with E-state index in [0.717, 1.165) is 0 Å². The lowest BCUT2D eigenvalue weighted by Gasteiger charge is -2.45. The molecule has 19 heavy (non-hydrogen) atoms. The molecule has 1 saturated heterocycles. The lowest BCUT2D eigenvalue weighted by molar-refractivity contribution is -0.150. The SMILES string of the molecule is CCOC(=O)CC(O)CN1CCN(C)C(=O)C1(C)C. The molecule has 0 aliphatic carbocycles. The van der Waals surface area contributed by atoms with Crippen LogP contribution >= 0.6 is 0 Å². The van der Waals surface area contributed by atoms with E-state index in [2.05, 4.69) is 0 Å². The number of piperazine rings is 1. The topological polar surface area (TPSA) is 70.1 Å². The monoisotopic (exact) mass is 272 g/mol. The Labute approximate surface area is 114 Å². The van der Waals surface area contributed by atoms with Crippen LogP contribution in [0.2, 0.25) is 0 Å². The Hall–Kier alpha value is -1.14. The first-order valence-electron chi connectivity index (χ1n) is 6.63. The van der Waals surface area contributed by atoms with Crippen LogP contribution in [0.15, 0.2) is 0 Å². The predicted octanol–water partition coefficient (Wildman–Crippen LogP) is -0.147. The highest BCUT2D eigenvalue weighted by molar-refractivity contribution is 5.86. The summed E-state index contributed by atoms with van der Waals surface area (Å²) in [4.78, 5) is 27.0. The van der Waals surface area contributed by atoms with E-state index in [1.54, 1.807) is 18.9 Å². The molecule has 6 heteroatoms. The molecule has 0 spiro atoms. The summed E-state index contributed by atoms with van der Waals surface area (Å²) in [5.41, 5.74) is -0.650. The van der Waals surface area contributed by atoms with Crippen molar-refractivity contribution in [2.24, 2.45) is 0 Å². The van der Waals surface area contributed by atoms with Gasteiger partial charge in [-0.3, -0.25) is 14.5 Å². The highest BCUT2D eigenvalue weighted by atomic mass is 16.5. The molecule has 0 radical (unpaired) electrons. The number of amides is 1. The second kappa shape index (κ2) is 6.34. The van der Waals surface area contributed by atoms with Crippen LogP contribution in [0, 0.1) is 0 Å². The Balaban J connectivity index is 2.56. The van der Waals surface area contributed by atoms with E-state index in [9.17, 15) is 14.7 Å². The summed E-state index contributed by atoms with van der Waals surface area (Å²) in [5, 5.41) is 9.92. The summed E-state index contributed by atoms with van der Waals surface area (Å²) in [5.74, 6) is -0.379. The van der Waals surface area contributed by atoms with Crippen LogP contribution in [-0.4, -0.2) is 71.7 Å². The van der Waals surface area contributed by atoms with E-state index in [4.69, 9.17) is 4.74 Å². The molecule has 0 aromatic heterocycles. The van der Waals surface area contributed by atoms with Crippen LogP contribution in [0.3, 0.4) is 0 Å². The quantitative estimate of drug-likeness (QED) is 0.705. The fourth-order valence-corrected chi connectivity index (χ4v) is 2.30. The van der Waals surface area contributed by atoms with E-state index in [0.29, 0.717) is 26.2 Å². The van der Waals surface area contributed by atoms with Gasteiger partial charge in [0.25, 0.3) is 0 Å². The molecule has 1 aliphatic rings. The van der Waals surface area contributed by atoms with Gasteiger partial charge in [-0.15, -0.1) is 0 Å². The molecule has 1 aliphatic heterocycles. The maximum Gasteiger partial charge on any atom is 0.308 e. The van der Waals surface area contributed by atoms with Gasteiger partial charge in [0, 0.05) is 26.7 Å². The number of nitrogens with zero attached hydrogens (tertiary/aromatic N) is 2. The van der Waals surface area contributed by atoms with Crippen molar-refractivity contribution in [2.45, 2.75) is 38.8 Å². The zero-order chi connectivity index (χ0) is 14.6. The van der Waals surface area contributed by atoms with Crippen molar-refractivity contribution >= 4 is 11.9 Å². The van der Waals surface area contributed by atoms with Gasteiger partial charge in [0.15, 0.2) is 0 Å². The number of hydrogen-bond donors (Lipinski definition) is 1. The van der Waals surface area contributed by atoms with Gasteiger partial charge in [0.1, 0.15) is 0 Å². The number of ether oxygens (including phenoxy) is 1. The minimum atomic E-state index is -0.811. The Morgan fingerprint density at radius 1 is 1.47 bits per heavy atom. The summed E-state index contributed by atoms with van der Waals surface area (Å²) in [6.45, 7) is 7.33. The number of aliphatic hydroxyl groups excluding tert-OH is 1. The standard InChI is InChI=1S/C13H24N2O4/c1-5-19-11(17)8-10(16)9-15-7-6-14(4)12(18)13(15,2)3/h10,16H,5-9H2,1-4H3. The number of β-amino-alcohol motifs (C(OH)–C–C–N with tert-alkyl or cyclic N) is 1. The number of aliphatic hydroxyl groups is 1. The predicted molar refractivity (Wildman–Crippen MR) is 70.5 cm³/mol. The molecule has 0 bridgehead atoms. The summed E-state index contributed by atoms with van der Waals surface area (Å²) < 4.78 is 4.80. The second-order valence-electron chi connectivity index (χ2n) is 5.39. The molecule has 1 fully saturated rings. The van der Waals surface area contributed by atoms with Gasteiger partial charge in [0.2, 0.25) is 5.91 Å². The van der Waals surface area contributed by atoms with Crippen molar-refractivity contribution in [3.8, 4) is 0 Å². The van der Waals surface area contributed by atoms with Gasteiger partial charge < -0.3 is 14.7 Å². The molecule has 1 amide bonds. The van der Waals surface area contributed by atoms with E-state index in [-0.39, 0.29) is 12.3 Å². The molecule has 110 valence electrons. The van der Waals surface area contributed by atoms with E-state index >= 15 is 0 Å². The lowest BCUT2D eigenvalue weighted by atomic mass is 9.97.